The summed E-state index contributed by atoms with van der Waals surface area (Å²) in [6, 6.07) is 6.08. The van der Waals surface area contributed by atoms with Crippen LogP contribution in [0.25, 0.3) is 0 Å². The number of amides is 1. The monoisotopic (exact) mass is 330 g/mol. The lowest BCUT2D eigenvalue weighted by Gasteiger charge is -2.44. The van der Waals surface area contributed by atoms with E-state index in [2.05, 4.69) is 17.3 Å². The molecule has 1 spiro atoms. The number of halogens is 1. The van der Waals surface area contributed by atoms with Gasteiger partial charge in [0.05, 0.1) is 13.1 Å². The quantitative estimate of drug-likeness (QED) is 0.743. The molecule has 1 aromatic carbocycles. The maximum Gasteiger partial charge on any atom is 0.410 e. The Hall–Kier alpha value is -2.52. The molecule has 1 N–H and O–H groups in total. The summed E-state index contributed by atoms with van der Waals surface area (Å²) < 4.78 is 18.4. The Morgan fingerprint density at radius 1 is 1.38 bits per heavy atom. The van der Waals surface area contributed by atoms with Crippen LogP contribution < -0.4 is 5.48 Å². The number of carbonyl (C=O) groups is 1. The van der Waals surface area contributed by atoms with Gasteiger partial charge in [0, 0.05) is 5.56 Å². The second-order valence-corrected chi connectivity index (χ2v) is 6.92. The second kappa shape index (κ2) is 5.84. The lowest BCUT2D eigenvalue weighted by atomic mass is 9.94. The van der Waals surface area contributed by atoms with E-state index in [0.29, 0.717) is 24.4 Å². The van der Waals surface area contributed by atoms with Crippen molar-refractivity contribution in [1.82, 2.24) is 10.4 Å². The van der Waals surface area contributed by atoms with Crippen LogP contribution in [0.1, 0.15) is 26.3 Å². The number of ether oxygens (including phenoxy) is 1. The molecule has 0 unspecified atom stereocenters. The van der Waals surface area contributed by atoms with Crippen molar-refractivity contribution >= 4 is 6.09 Å². The summed E-state index contributed by atoms with van der Waals surface area (Å²) in [5, 5.41) is 0. The van der Waals surface area contributed by atoms with Crippen LogP contribution in [0.15, 0.2) is 36.0 Å². The minimum Gasteiger partial charge on any atom is -0.444 e. The van der Waals surface area contributed by atoms with Crippen molar-refractivity contribution in [2.24, 2.45) is 0 Å². The van der Waals surface area contributed by atoms with E-state index in [9.17, 15) is 9.18 Å². The molecule has 1 aromatic rings. The molecule has 2 heterocycles. The Bertz CT molecular complexity index is 750. The molecule has 0 atom stereocenters. The second-order valence-electron chi connectivity index (χ2n) is 6.92. The molecule has 0 bridgehead atoms. The van der Waals surface area contributed by atoms with Crippen LogP contribution in [-0.4, -0.2) is 35.3 Å². The molecule has 126 valence electrons. The highest BCUT2D eigenvalue weighted by molar-refractivity contribution is 5.70. The number of hydrogen-bond donors (Lipinski definition) is 1. The highest BCUT2D eigenvalue weighted by Crippen LogP contribution is 2.31. The zero-order valence-corrected chi connectivity index (χ0v) is 13.9. The molecule has 1 saturated heterocycles. The fourth-order valence-corrected chi connectivity index (χ4v) is 2.46. The summed E-state index contributed by atoms with van der Waals surface area (Å²) in [4.78, 5) is 19.1. The lowest BCUT2D eigenvalue weighted by Crippen LogP contribution is -2.63. The highest BCUT2D eigenvalue weighted by atomic mass is 19.1. The van der Waals surface area contributed by atoms with Gasteiger partial charge in [0.2, 0.25) is 0 Å². The van der Waals surface area contributed by atoms with Gasteiger partial charge >= 0.3 is 6.09 Å². The van der Waals surface area contributed by atoms with Crippen molar-refractivity contribution in [2.75, 3.05) is 13.1 Å². The summed E-state index contributed by atoms with van der Waals surface area (Å²) in [6.45, 7) is 6.29. The molecule has 1 fully saturated rings. The van der Waals surface area contributed by atoms with Gasteiger partial charge in [-0.2, -0.15) is 0 Å². The third-order valence-electron chi connectivity index (χ3n) is 3.51. The summed E-state index contributed by atoms with van der Waals surface area (Å²) in [7, 11) is 0. The van der Waals surface area contributed by atoms with Gasteiger partial charge in [0.25, 0.3) is 0 Å². The number of rotatable bonds is 0. The van der Waals surface area contributed by atoms with E-state index in [1.165, 1.54) is 12.1 Å². The van der Waals surface area contributed by atoms with Crippen molar-refractivity contribution in [1.29, 1.82) is 0 Å². The number of nitrogens with zero attached hydrogens (tertiary/aromatic N) is 1. The number of carbonyl (C=O) groups excluding carboxylic acids is 1. The third-order valence-corrected chi connectivity index (χ3v) is 3.51. The van der Waals surface area contributed by atoms with Crippen LogP contribution in [0.2, 0.25) is 0 Å². The van der Waals surface area contributed by atoms with E-state index in [1.807, 2.05) is 26.8 Å². The summed E-state index contributed by atoms with van der Waals surface area (Å²) in [5.41, 5.74) is 2.85. The van der Waals surface area contributed by atoms with Crippen LogP contribution in [0, 0.1) is 17.7 Å². The van der Waals surface area contributed by atoms with E-state index in [0.717, 1.165) is 0 Å². The first-order chi connectivity index (χ1) is 11.2. The molecule has 2 aliphatic heterocycles. The first kappa shape index (κ1) is 16.3. The van der Waals surface area contributed by atoms with E-state index in [-0.39, 0.29) is 11.9 Å². The van der Waals surface area contributed by atoms with Gasteiger partial charge in [-0.25, -0.2) is 9.18 Å². The zero-order valence-electron chi connectivity index (χ0n) is 13.9. The Morgan fingerprint density at radius 2 is 2.12 bits per heavy atom. The standard InChI is InChI=1S/C18H19FN2O3/c1-17(2,3)23-16(22)21-11-18(12-21)10-15(20-24-18)8-7-13-5-4-6-14(19)9-13/h4-6,9-10,20H,11-12H2,1-3H3. The SMILES string of the molecule is CC(C)(C)OC(=O)N1CC2(C=C(C#Cc3cccc(F)c3)NO2)C1. The minimum absolute atomic E-state index is 0.324. The lowest BCUT2D eigenvalue weighted by molar-refractivity contribution is -0.125. The number of hydrogen-bond acceptors (Lipinski definition) is 4. The van der Waals surface area contributed by atoms with Crippen molar-refractivity contribution in [3.05, 3.63) is 47.4 Å². The van der Waals surface area contributed by atoms with Crippen molar-refractivity contribution in [3.63, 3.8) is 0 Å². The van der Waals surface area contributed by atoms with E-state index in [1.54, 1.807) is 17.0 Å². The molecule has 2 aliphatic rings. The molecular formula is C18H19FN2O3. The number of nitrogens with one attached hydrogen (secondary N) is 1. The van der Waals surface area contributed by atoms with Gasteiger partial charge in [-0.05, 0) is 51.0 Å². The fraction of sp³-hybridized carbons (Fsp3) is 0.389. The molecule has 0 saturated carbocycles. The largest absolute Gasteiger partial charge is 0.444 e. The normalized spacial score (nSPS) is 18.2. The molecule has 24 heavy (non-hydrogen) atoms. The summed E-state index contributed by atoms with van der Waals surface area (Å²) in [5.74, 6) is 5.45. The number of likely N-dealkylation sites (tertiary alicyclic amines) is 1. The van der Waals surface area contributed by atoms with Gasteiger partial charge in [-0.3, -0.25) is 10.3 Å². The van der Waals surface area contributed by atoms with Gasteiger partial charge in [0.15, 0.2) is 5.60 Å². The smallest absolute Gasteiger partial charge is 0.410 e. The molecule has 1 amide bonds. The van der Waals surface area contributed by atoms with Crippen LogP contribution >= 0.6 is 0 Å². The van der Waals surface area contributed by atoms with E-state index < -0.39 is 11.2 Å². The molecular weight excluding hydrogens is 311 g/mol. The zero-order chi connectivity index (χ0) is 17.4. The average Bonchev–Trinajstić information content (AvgIpc) is 2.86. The van der Waals surface area contributed by atoms with Crippen LogP contribution in [0.5, 0.6) is 0 Å². The molecule has 5 nitrogen and oxygen atoms in total. The van der Waals surface area contributed by atoms with Gasteiger partial charge in [-0.1, -0.05) is 12.0 Å². The maximum absolute atomic E-state index is 13.1. The number of allylic oxidation sites excluding steroid dienone is 1. The molecule has 0 radical (unpaired) electrons. The van der Waals surface area contributed by atoms with Gasteiger partial charge in [0.1, 0.15) is 17.1 Å². The minimum atomic E-state index is -0.567. The van der Waals surface area contributed by atoms with E-state index >= 15 is 0 Å². The maximum atomic E-state index is 13.1. The fourth-order valence-electron chi connectivity index (χ4n) is 2.46. The molecule has 3 rings (SSSR count). The van der Waals surface area contributed by atoms with Gasteiger partial charge < -0.3 is 9.64 Å². The Labute approximate surface area is 140 Å². The van der Waals surface area contributed by atoms with Gasteiger partial charge in [-0.15, -0.1) is 0 Å². The van der Waals surface area contributed by atoms with Crippen LogP contribution in [0.3, 0.4) is 0 Å². The summed E-state index contributed by atoms with van der Waals surface area (Å²) in [6.07, 6.45) is 1.49. The van der Waals surface area contributed by atoms with Crippen molar-refractivity contribution in [2.45, 2.75) is 32.0 Å². The first-order valence-electron chi connectivity index (χ1n) is 7.67. The first-order valence-corrected chi connectivity index (χ1v) is 7.67. The molecule has 6 heteroatoms. The van der Waals surface area contributed by atoms with Crippen LogP contribution in [0.4, 0.5) is 9.18 Å². The molecule has 0 aromatic heterocycles. The van der Waals surface area contributed by atoms with Crippen LogP contribution in [-0.2, 0) is 9.57 Å². The van der Waals surface area contributed by atoms with E-state index in [4.69, 9.17) is 9.57 Å². The summed E-state index contributed by atoms with van der Waals surface area (Å²) >= 11 is 0. The van der Waals surface area contributed by atoms with Crippen molar-refractivity contribution in [3.8, 4) is 11.8 Å². The third kappa shape index (κ3) is 3.69. The highest BCUT2D eigenvalue weighted by Gasteiger charge is 2.49. The number of hydroxylamine groups is 1. The predicted octanol–water partition coefficient (Wildman–Crippen LogP) is 2.59. The van der Waals surface area contributed by atoms with Crippen molar-refractivity contribution < 1.29 is 18.8 Å². The Balaban J connectivity index is 1.61. The Morgan fingerprint density at radius 3 is 2.79 bits per heavy atom. The average molecular weight is 330 g/mol. The Kier molecular flexibility index (Phi) is 3.98. The topological polar surface area (TPSA) is 50.8 Å². The molecule has 0 aliphatic carbocycles. The predicted molar refractivity (Wildman–Crippen MR) is 86.1 cm³/mol. The number of benzene rings is 1.